The van der Waals surface area contributed by atoms with E-state index in [2.05, 4.69) is 0 Å². The maximum atomic E-state index is 13.4. The molecule has 1 fully saturated rings. The summed E-state index contributed by atoms with van der Waals surface area (Å²) in [5, 5.41) is 1.81. The molecule has 151 valence electrons. The van der Waals surface area contributed by atoms with Crippen LogP contribution in [-0.4, -0.2) is 48.6 Å². The van der Waals surface area contributed by atoms with Crippen LogP contribution in [-0.2, 0) is 10.0 Å². The molecule has 30 heavy (non-hydrogen) atoms. The van der Waals surface area contributed by atoms with Gasteiger partial charge in [-0.05, 0) is 47.9 Å². The lowest BCUT2D eigenvalue weighted by molar-refractivity contribution is 0.0629. The quantitative estimate of drug-likeness (QED) is 0.609. The van der Waals surface area contributed by atoms with Gasteiger partial charge >= 0.3 is 0 Å². The smallest absolute Gasteiger partial charge is 0.261 e. The third-order valence-electron chi connectivity index (χ3n) is 5.75. The molecule has 2 aliphatic rings. The molecule has 2 amide bonds. The number of nitrogens with zero attached hydrogens (tertiary/aromatic N) is 2. The summed E-state index contributed by atoms with van der Waals surface area (Å²) < 4.78 is 28.1. The fourth-order valence-corrected chi connectivity index (χ4v) is 5.83. The number of hydrogen-bond acceptors (Lipinski definition) is 4. The molecule has 5 rings (SSSR count). The number of carbonyl (C=O) groups is 2. The molecule has 0 bridgehead atoms. The maximum absolute atomic E-state index is 13.4. The normalized spacial score (nSPS) is 19.6. The number of imide groups is 1. The van der Waals surface area contributed by atoms with Gasteiger partial charge in [-0.15, -0.1) is 0 Å². The van der Waals surface area contributed by atoms with Crippen LogP contribution in [0.3, 0.4) is 0 Å². The summed E-state index contributed by atoms with van der Waals surface area (Å²) >= 11 is 0. The van der Waals surface area contributed by atoms with E-state index >= 15 is 0 Å². The number of hydrogen-bond donors (Lipinski definition) is 0. The highest BCUT2D eigenvalue weighted by Gasteiger charge is 2.41. The summed E-state index contributed by atoms with van der Waals surface area (Å²) in [5.41, 5.74) is 0.738. The zero-order valence-electron chi connectivity index (χ0n) is 16.1. The standard InChI is InChI=1S/C23H19N2O4S/c26-22-20-9-3-4-10-21(20)23(27)24(22)15-18-8-5-13-25(18)30(28,29)19-12-11-16-6-1-2-7-17(16)14-19/h1-7,9-12,14,18H,8,13,15H2. The molecule has 0 aliphatic carbocycles. The second kappa shape index (κ2) is 7.04. The third-order valence-corrected chi connectivity index (χ3v) is 7.67. The molecule has 3 aromatic rings. The molecule has 7 heteroatoms. The van der Waals surface area contributed by atoms with Crippen molar-refractivity contribution in [2.24, 2.45) is 0 Å². The van der Waals surface area contributed by atoms with Crippen LogP contribution >= 0.6 is 0 Å². The number of sulfonamides is 1. The van der Waals surface area contributed by atoms with E-state index in [-0.39, 0.29) is 29.8 Å². The first kappa shape index (κ1) is 19.0. The highest BCUT2D eigenvalue weighted by atomic mass is 32.2. The van der Waals surface area contributed by atoms with Crippen molar-refractivity contribution in [1.82, 2.24) is 9.21 Å². The van der Waals surface area contributed by atoms with Crippen molar-refractivity contribution in [1.29, 1.82) is 0 Å². The van der Waals surface area contributed by atoms with Gasteiger partial charge in [0.1, 0.15) is 0 Å². The minimum atomic E-state index is -3.77. The van der Waals surface area contributed by atoms with Crippen molar-refractivity contribution in [2.75, 3.05) is 13.1 Å². The molecule has 0 spiro atoms. The second-order valence-electron chi connectivity index (χ2n) is 7.53. The number of fused-ring (bicyclic) bond motifs is 2. The Morgan fingerprint density at radius 2 is 1.47 bits per heavy atom. The molecule has 0 aromatic heterocycles. The summed E-state index contributed by atoms with van der Waals surface area (Å²) in [6.07, 6.45) is 2.36. The largest absolute Gasteiger partial charge is 0.273 e. The summed E-state index contributed by atoms with van der Waals surface area (Å²) in [6, 6.07) is 18.8. The molecule has 0 N–H and O–H groups in total. The molecule has 6 nitrogen and oxygen atoms in total. The van der Waals surface area contributed by atoms with Gasteiger partial charge in [-0.2, -0.15) is 4.31 Å². The molecule has 2 aliphatic heterocycles. The van der Waals surface area contributed by atoms with Gasteiger partial charge in [0.25, 0.3) is 11.8 Å². The van der Waals surface area contributed by atoms with Gasteiger partial charge in [0.05, 0.1) is 16.0 Å². The van der Waals surface area contributed by atoms with E-state index in [4.69, 9.17) is 0 Å². The lowest BCUT2D eigenvalue weighted by Gasteiger charge is -2.27. The van der Waals surface area contributed by atoms with Crippen molar-refractivity contribution < 1.29 is 18.0 Å². The highest BCUT2D eigenvalue weighted by Crippen LogP contribution is 2.30. The molecule has 1 atom stereocenters. The molecule has 1 unspecified atom stereocenters. The van der Waals surface area contributed by atoms with Crippen LogP contribution in [0.15, 0.2) is 71.6 Å². The summed E-state index contributed by atoms with van der Waals surface area (Å²) in [4.78, 5) is 26.8. The molecular weight excluding hydrogens is 400 g/mol. The van der Waals surface area contributed by atoms with E-state index in [1.165, 1.54) is 4.31 Å². The second-order valence-corrected chi connectivity index (χ2v) is 9.42. The Morgan fingerprint density at radius 3 is 2.17 bits per heavy atom. The van der Waals surface area contributed by atoms with Crippen LogP contribution in [0.2, 0.25) is 0 Å². The maximum Gasteiger partial charge on any atom is 0.261 e. The van der Waals surface area contributed by atoms with Gasteiger partial charge in [-0.25, -0.2) is 8.42 Å². The Bertz CT molecular complexity index is 1250. The van der Waals surface area contributed by atoms with Gasteiger partial charge in [0, 0.05) is 19.1 Å². The van der Waals surface area contributed by atoms with Gasteiger partial charge < -0.3 is 0 Å². The lowest BCUT2D eigenvalue weighted by Crippen LogP contribution is -2.45. The Kier molecular flexibility index (Phi) is 4.45. The zero-order valence-corrected chi connectivity index (χ0v) is 16.9. The first-order valence-corrected chi connectivity index (χ1v) is 11.2. The number of benzene rings is 3. The van der Waals surface area contributed by atoms with E-state index in [0.717, 1.165) is 15.7 Å². The number of carbonyl (C=O) groups excluding carboxylic acids is 2. The summed E-state index contributed by atoms with van der Waals surface area (Å²) in [6.45, 7) is 0.290. The van der Waals surface area contributed by atoms with Gasteiger partial charge in [0.2, 0.25) is 10.0 Å². The van der Waals surface area contributed by atoms with Crippen LogP contribution < -0.4 is 0 Å². The SMILES string of the molecule is O=C1c2ccccc2C(=O)N1CC1C[CH]CN1S(=O)(=O)c1ccc2ccccc2c1. The van der Waals surface area contributed by atoms with Crippen molar-refractivity contribution in [3.8, 4) is 0 Å². The first-order valence-electron chi connectivity index (χ1n) is 9.74. The van der Waals surface area contributed by atoms with Gasteiger partial charge in [-0.1, -0.05) is 42.5 Å². The van der Waals surface area contributed by atoms with E-state index in [1.807, 2.05) is 30.7 Å². The molecule has 1 saturated heterocycles. The predicted molar refractivity (Wildman–Crippen MR) is 112 cm³/mol. The van der Waals surface area contributed by atoms with Crippen LogP contribution in [0.1, 0.15) is 27.1 Å². The van der Waals surface area contributed by atoms with E-state index in [1.54, 1.807) is 42.5 Å². The predicted octanol–water partition coefficient (Wildman–Crippen LogP) is 3.10. The van der Waals surface area contributed by atoms with Crippen LogP contribution in [0.25, 0.3) is 10.8 Å². The van der Waals surface area contributed by atoms with Crippen LogP contribution in [0.4, 0.5) is 0 Å². The lowest BCUT2D eigenvalue weighted by atomic mass is 10.1. The molecule has 2 heterocycles. The summed E-state index contributed by atoms with van der Waals surface area (Å²) in [7, 11) is -3.77. The third kappa shape index (κ3) is 2.93. The van der Waals surface area contributed by atoms with E-state index < -0.39 is 16.1 Å². The van der Waals surface area contributed by atoms with Gasteiger partial charge in [0.15, 0.2) is 0 Å². The van der Waals surface area contributed by atoms with Crippen LogP contribution in [0.5, 0.6) is 0 Å². The summed E-state index contributed by atoms with van der Waals surface area (Å²) in [5.74, 6) is -0.740. The highest BCUT2D eigenvalue weighted by molar-refractivity contribution is 7.89. The Balaban J connectivity index is 1.43. The van der Waals surface area contributed by atoms with Gasteiger partial charge in [-0.3, -0.25) is 14.5 Å². The Morgan fingerprint density at radius 1 is 0.833 bits per heavy atom. The van der Waals surface area contributed by atoms with E-state index in [9.17, 15) is 18.0 Å². The van der Waals surface area contributed by atoms with Crippen molar-refractivity contribution in [3.05, 3.63) is 84.3 Å². The Hall–Kier alpha value is -3.03. The molecule has 1 radical (unpaired) electrons. The average molecular weight is 419 g/mol. The first-order chi connectivity index (χ1) is 14.5. The minimum Gasteiger partial charge on any atom is -0.273 e. The fraction of sp³-hybridized carbons (Fsp3) is 0.174. The zero-order chi connectivity index (χ0) is 20.9. The minimum absolute atomic E-state index is 0.0374. The number of amides is 2. The molecule has 3 aromatic carbocycles. The topological polar surface area (TPSA) is 74.8 Å². The average Bonchev–Trinajstić information content (AvgIpc) is 3.33. The monoisotopic (exact) mass is 419 g/mol. The Labute approximate surface area is 174 Å². The van der Waals surface area contributed by atoms with E-state index in [0.29, 0.717) is 17.5 Å². The van der Waals surface area contributed by atoms with Crippen molar-refractivity contribution in [3.63, 3.8) is 0 Å². The van der Waals surface area contributed by atoms with Crippen molar-refractivity contribution >= 4 is 32.6 Å². The van der Waals surface area contributed by atoms with Crippen molar-refractivity contribution in [2.45, 2.75) is 17.4 Å². The number of rotatable bonds is 4. The molecule has 0 saturated carbocycles. The fourth-order valence-electron chi connectivity index (χ4n) is 4.20. The van der Waals surface area contributed by atoms with Crippen LogP contribution in [0, 0.1) is 6.42 Å². The molecular formula is C23H19N2O4S.